The van der Waals surface area contributed by atoms with E-state index in [9.17, 15) is 0 Å². The Labute approximate surface area is 175 Å². The lowest BCUT2D eigenvalue weighted by Gasteiger charge is -2.41. The highest BCUT2D eigenvalue weighted by Crippen LogP contribution is 2.39. The Kier molecular flexibility index (Phi) is 6.83. The highest BCUT2D eigenvalue weighted by atomic mass is 127. The first-order valence-electron chi connectivity index (χ1n) is 10.0. The molecule has 3 aliphatic rings. The van der Waals surface area contributed by atoms with Crippen molar-refractivity contribution in [2.24, 2.45) is 10.4 Å². The zero-order valence-corrected chi connectivity index (χ0v) is 18.3. The van der Waals surface area contributed by atoms with Gasteiger partial charge in [0.2, 0.25) is 0 Å². The number of hydrogen-bond donors (Lipinski definition) is 1. The van der Waals surface area contributed by atoms with Crippen molar-refractivity contribution in [2.45, 2.75) is 51.1 Å². The number of piperidine rings is 1. The molecule has 4 nitrogen and oxygen atoms in total. The maximum Gasteiger partial charge on any atom is 0.193 e. The molecule has 1 N–H and O–H groups in total. The first kappa shape index (κ1) is 19.9. The first-order valence-corrected chi connectivity index (χ1v) is 10.0. The second-order valence-corrected chi connectivity index (χ2v) is 8.29. The standard InChI is InChI=1S/C21H32N4.HI/c1-22-20(23-19-9-5-10-19)25-14-12-21(17-25)11-6-13-24(16-21)15-18-7-3-2-4-8-18;/h2-4,7-8,19H,5-6,9-17H2,1H3,(H,22,23);1H. The van der Waals surface area contributed by atoms with Crippen molar-refractivity contribution >= 4 is 29.9 Å². The summed E-state index contributed by atoms with van der Waals surface area (Å²) in [4.78, 5) is 9.76. The van der Waals surface area contributed by atoms with Crippen LogP contribution >= 0.6 is 24.0 Å². The Hall–Kier alpha value is -0.820. The van der Waals surface area contributed by atoms with Crippen molar-refractivity contribution < 1.29 is 0 Å². The number of nitrogens with one attached hydrogen (secondary N) is 1. The van der Waals surface area contributed by atoms with E-state index in [0.29, 0.717) is 11.5 Å². The van der Waals surface area contributed by atoms with Crippen molar-refractivity contribution in [1.29, 1.82) is 0 Å². The maximum atomic E-state index is 4.57. The zero-order chi connectivity index (χ0) is 17.1. The molecule has 0 radical (unpaired) electrons. The highest BCUT2D eigenvalue weighted by molar-refractivity contribution is 14.0. The fourth-order valence-corrected chi connectivity index (χ4v) is 4.77. The van der Waals surface area contributed by atoms with Gasteiger partial charge in [0, 0.05) is 44.7 Å². The third-order valence-electron chi connectivity index (χ3n) is 6.38. The van der Waals surface area contributed by atoms with Gasteiger partial charge in [-0.2, -0.15) is 0 Å². The molecule has 1 aromatic carbocycles. The van der Waals surface area contributed by atoms with E-state index in [1.54, 1.807) is 0 Å². The Bertz CT molecular complexity index is 601. The van der Waals surface area contributed by atoms with E-state index in [0.717, 1.165) is 19.0 Å². The minimum absolute atomic E-state index is 0. The molecule has 2 aliphatic heterocycles. The first-order chi connectivity index (χ1) is 12.3. The number of rotatable bonds is 3. The van der Waals surface area contributed by atoms with E-state index in [2.05, 4.69) is 50.4 Å². The number of guanidine groups is 1. The second-order valence-electron chi connectivity index (χ2n) is 8.29. The summed E-state index contributed by atoms with van der Waals surface area (Å²) in [6.45, 7) is 5.90. The van der Waals surface area contributed by atoms with Crippen LogP contribution in [0.5, 0.6) is 0 Å². The molecule has 4 rings (SSSR count). The van der Waals surface area contributed by atoms with E-state index in [-0.39, 0.29) is 24.0 Å². The minimum atomic E-state index is 0. The van der Waals surface area contributed by atoms with Gasteiger partial charge in [0.15, 0.2) is 5.96 Å². The molecule has 5 heteroatoms. The van der Waals surface area contributed by atoms with Crippen molar-refractivity contribution in [3.05, 3.63) is 35.9 Å². The highest BCUT2D eigenvalue weighted by Gasteiger charge is 2.42. The van der Waals surface area contributed by atoms with Gasteiger partial charge in [0.05, 0.1) is 0 Å². The van der Waals surface area contributed by atoms with Crippen LogP contribution < -0.4 is 5.32 Å². The van der Waals surface area contributed by atoms with Gasteiger partial charge in [0.1, 0.15) is 0 Å². The van der Waals surface area contributed by atoms with Crippen molar-refractivity contribution in [2.75, 3.05) is 33.2 Å². The smallest absolute Gasteiger partial charge is 0.193 e. The monoisotopic (exact) mass is 468 g/mol. The van der Waals surface area contributed by atoms with E-state index < -0.39 is 0 Å². The fraction of sp³-hybridized carbons (Fsp3) is 0.667. The Balaban J connectivity index is 0.00000196. The van der Waals surface area contributed by atoms with Gasteiger partial charge in [0.25, 0.3) is 0 Å². The largest absolute Gasteiger partial charge is 0.354 e. The lowest BCUT2D eigenvalue weighted by molar-refractivity contribution is 0.0924. The number of likely N-dealkylation sites (tertiary alicyclic amines) is 2. The van der Waals surface area contributed by atoms with E-state index in [1.807, 2.05) is 7.05 Å². The molecular formula is C21H33IN4. The molecule has 1 aromatic rings. The Morgan fingerprint density at radius 3 is 2.62 bits per heavy atom. The number of aliphatic imine (C=N–C) groups is 1. The summed E-state index contributed by atoms with van der Waals surface area (Å²) in [5.41, 5.74) is 1.90. The molecule has 1 saturated carbocycles. The van der Waals surface area contributed by atoms with Gasteiger partial charge in [-0.05, 0) is 50.6 Å². The molecular weight excluding hydrogens is 435 g/mol. The van der Waals surface area contributed by atoms with Gasteiger partial charge < -0.3 is 10.2 Å². The van der Waals surface area contributed by atoms with Crippen LogP contribution in [-0.4, -0.2) is 55.0 Å². The van der Waals surface area contributed by atoms with Crippen LogP contribution in [0.3, 0.4) is 0 Å². The molecule has 3 fully saturated rings. The molecule has 1 aliphatic carbocycles. The molecule has 144 valence electrons. The van der Waals surface area contributed by atoms with Crippen LogP contribution in [0.1, 0.15) is 44.1 Å². The molecule has 0 amide bonds. The van der Waals surface area contributed by atoms with E-state index in [4.69, 9.17) is 0 Å². The quantitative estimate of drug-likeness (QED) is 0.417. The van der Waals surface area contributed by atoms with Crippen LogP contribution in [0.15, 0.2) is 35.3 Å². The molecule has 2 saturated heterocycles. The Morgan fingerprint density at radius 1 is 1.12 bits per heavy atom. The summed E-state index contributed by atoms with van der Waals surface area (Å²) in [5, 5.41) is 3.68. The molecule has 1 spiro atoms. The van der Waals surface area contributed by atoms with Gasteiger partial charge in [-0.3, -0.25) is 9.89 Å². The van der Waals surface area contributed by atoms with Crippen LogP contribution in [0.4, 0.5) is 0 Å². The van der Waals surface area contributed by atoms with Gasteiger partial charge in [-0.1, -0.05) is 30.3 Å². The number of halogens is 1. The number of nitrogens with zero attached hydrogens (tertiary/aromatic N) is 3. The molecule has 26 heavy (non-hydrogen) atoms. The summed E-state index contributed by atoms with van der Waals surface area (Å²) in [6, 6.07) is 11.6. The summed E-state index contributed by atoms with van der Waals surface area (Å²) >= 11 is 0. The molecule has 0 bridgehead atoms. The maximum absolute atomic E-state index is 4.57. The molecule has 1 atom stereocenters. The van der Waals surface area contributed by atoms with Gasteiger partial charge >= 0.3 is 0 Å². The van der Waals surface area contributed by atoms with Crippen LogP contribution in [0.25, 0.3) is 0 Å². The van der Waals surface area contributed by atoms with Crippen molar-refractivity contribution in [1.82, 2.24) is 15.1 Å². The van der Waals surface area contributed by atoms with Gasteiger partial charge in [-0.15, -0.1) is 24.0 Å². The third-order valence-corrected chi connectivity index (χ3v) is 6.38. The number of hydrogen-bond acceptors (Lipinski definition) is 2. The lowest BCUT2D eigenvalue weighted by atomic mass is 9.79. The van der Waals surface area contributed by atoms with Crippen LogP contribution in [0.2, 0.25) is 0 Å². The lowest BCUT2D eigenvalue weighted by Crippen LogP contribution is -2.49. The zero-order valence-electron chi connectivity index (χ0n) is 16.0. The van der Waals surface area contributed by atoms with E-state index >= 15 is 0 Å². The van der Waals surface area contributed by atoms with Crippen LogP contribution in [-0.2, 0) is 6.54 Å². The Morgan fingerprint density at radius 2 is 1.92 bits per heavy atom. The fourth-order valence-electron chi connectivity index (χ4n) is 4.77. The van der Waals surface area contributed by atoms with E-state index in [1.165, 1.54) is 63.7 Å². The van der Waals surface area contributed by atoms with Gasteiger partial charge in [-0.25, -0.2) is 0 Å². The summed E-state index contributed by atoms with van der Waals surface area (Å²) in [6.07, 6.45) is 7.99. The average molecular weight is 468 g/mol. The molecule has 0 aromatic heterocycles. The number of benzene rings is 1. The predicted octanol–water partition coefficient (Wildman–Crippen LogP) is 3.72. The molecule has 1 unspecified atom stereocenters. The average Bonchev–Trinajstić information content (AvgIpc) is 2.98. The second kappa shape index (κ2) is 8.91. The van der Waals surface area contributed by atoms with Crippen molar-refractivity contribution in [3.8, 4) is 0 Å². The van der Waals surface area contributed by atoms with Crippen LogP contribution in [0, 0.1) is 5.41 Å². The summed E-state index contributed by atoms with van der Waals surface area (Å²) in [5.74, 6) is 1.14. The third kappa shape index (κ3) is 4.53. The normalized spacial score (nSPS) is 27.3. The summed E-state index contributed by atoms with van der Waals surface area (Å²) in [7, 11) is 1.94. The SMILES string of the molecule is CN=C(NC1CCC1)N1CCC2(CCCN(Cc3ccccc3)C2)C1.I. The summed E-state index contributed by atoms with van der Waals surface area (Å²) < 4.78 is 0. The molecule has 2 heterocycles. The van der Waals surface area contributed by atoms with Crippen molar-refractivity contribution in [3.63, 3.8) is 0 Å². The minimum Gasteiger partial charge on any atom is -0.354 e. The predicted molar refractivity (Wildman–Crippen MR) is 119 cm³/mol. The topological polar surface area (TPSA) is 30.9 Å².